The number of nitrogens with zero attached hydrogens (tertiary/aromatic N) is 1. The van der Waals surface area contributed by atoms with Crippen LogP contribution in [0.15, 0.2) is 81.3 Å². The molecular weight excluding hydrogens is 481 g/mol. The van der Waals surface area contributed by atoms with Gasteiger partial charge in [-0.05, 0) is 60.2 Å². The maximum atomic E-state index is 12.9. The molecule has 0 spiro atoms. The molecule has 34 heavy (non-hydrogen) atoms. The molecule has 0 saturated heterocycles. The first-order valence-corrected chi connectivity index (χ1v) is 12.5. The van der Waals surface area contributed by atoms with Gasteiger partial charge in [-0.15, -0.1) is 0 Å². The fourth-order valence-corrected chi connectivity index (χ4v) is 4.72. The number of hydrogen-bond acceptors (Lipinski definition) is 7. The lowest BCUT2D eigenvalue weighted by Gasteiger charge is -2.08. The van der Waals surface area contributed by atoms with Crippen LogP contribution in [0.5, 0.6) is 5.75 Å². The number of carbonyl (C=O) groups excluding carboxylic acids is 1. The van der Waals surface area contributed by atoms with Crippen molar-refractivity contribution in [2.75, 3.05) is 17.6 Å². The van der Waals surface area contributed by atoms with E-state index in [0.29, 0.717) is 22.5 Å². The predicted octanol–water partition coefficient (Wildman–Crippen LogP) is 4.18. The zero-order chi connectivity index (χ0) is 24.1. The number of carbonyl (C=O) groups is 1. The molecule has 0 unspecified atom stereocenters. The molecule has 0 aliphatic rings. The Hall–Kier alpha value is -3.57. The third kappa shape index (κ3) is 5.86. The monoisotopic (exact) mass is 501 g/mol. The summed E-state index contributed by atoms with van der Waals surface area (Å²) in [6.07, 6.45) is 0. The number of fused-ring (bicyclic) bond motifs is 1. The number of anilines is 1. The van der Waals surface area contributed by atoms with Crippen molar-refractivity contribution in [3.8, 4) is 5.75 Å². The summed E-state index contributed by atoms with van der Waals surface area (Å²) in [4.78, 5) is 16.4. The zero-order valence-corrected chi connectivity index (χ0v) is 19.6. The van der Waals surface area contributed by atoms with Gasteiger partial charge in [0.05, 0.1) is 17.8 Å². The molecule has 1 heterocycles. The van der Waals surface area contributed by atoms with Crippen molar-refractivity contribution >= 4 is 44.5 Å². The minimum absolute atomic E-state index is 0.0257. The SMILES string of the molecule is COc1ccc(NS(=O)(=O)c2ccc3oc(SCC(=O)NCc4ccc(F)cc4)nc3c2)cc1. The Morgan fingerprint density at radius 1 is 1.09 bits per heavy atom. The van der Waals surface area contributed by atoms with Gasteiger partial charge in [0.2, 0.25) is 5.91 Å². The lowest BCUT2D eigenvalue weighted by molar-refractivity contribution is -0.118. The van der Waals surface area contributed by atoms with Gasteiger partial charge in [0.25, 0.3) is 15.2 Å². The Labute approximate surface area is 199 Å². The van der Waals surface area contributed by atoms with Crippen LogP contribution in [0.4, 0.5) is 10.1 Å². The number of oxazole rings is 1. The first-order valence-electron chi connectivity index (χ1n) is 10.0. The Bertz CT molecular complexity index is 1410. The molecule has 4 rings (SSSR count). The highest BCUT2D eigenvalue weighted by molar-refractivity contribution is 7.99. The second kappa shape index (κ2) is 10.1. The van der Waals surface area contributed by atoms with Crippen LogP contribution in [0, 0.1) is 5.82 Å². The summed E-state index contributed by atoms with van der Waals surface area (Å²) >= 11 is 1.08. The molecule has 1 amide bonds. The molecule has 1 aromatic heterocycles. The Morgan fingerprint density at radius 2 is 1.82 bits per heavy atom. The van der Waals surface area contributed by atoms with Gasteiger partial charge in [-0.1, -0.05) is 23.9 Å². The van der Waals surface area contributed by atoms with Gasteiger partial charge < -0.3 is 14.5 Å². The number of halogens is 1. The van der Waals surface area contributed by atoms with Crippen LogP contribution in [0.1, 0.15) is 5.56 Å². The number of methoxy groups -OCH3 is 1. The van der Waals surface area contributed by atoms with Gasteiger partial charge in [0.1, 0.15) is 17.1 Å². The highest BCUT2D eigenvalue weighted by atomic mass is 32.2. The van der Waals surface area contributed by atoms with E-state index in [4.69, 9.17) is 9.15 Å². The summed E-state index contributed by atoms with van der Waals surface area (Å²) in [5.74, 6) is 0.0804. The van der Waals surface area contributed by atoms with Crippen molar-refractivity contribution in [2.45, 2.75) is 16.7 Å². The highest BCUT2D eigenvalue weighted by Gasteiger charge is 2.17. The van der Waals surface area contributed by atoms with Gasteiger partial charge in [0.15, 0.2) is 5.58 Å². The quantitative estimate of drug-likeness (QED) is 0.331. The average Bonchev–Trinajstić information content (AvgIpc) is 3.25. The smallest absolute Gasteiger partial charge is 0.261 e. The summed E-state index contributed by atoms with van der Waals surface area (Å²) in [7, 11) is -2.32. The van der Waals surface area contributed by atoms with Crippen molar-refractivity contribution in [1.29, 1.82) is 0 Å². The number of aromatic nitrogens is 1. The lowest BCUT2D eigenvalue weighted by atomic mass is 10.2. The van der Waals surface area contributed by atoms with E-state index < -0.39 is 10.0 Å². The topological polar surface area (TPSA) is 111 Å². The zero-order valence-electron chi connectivity index (χ0n) is 17.9. The predicted molar refractivity (Wildman–Crippen MR) is 127 cm³/mol. The molecule has 176 valence electrons. The first kappa shape index (κ1) is 23.6. The average molecular weight is 502 g/mol. The van der Waals surface area contributed by atoms with E-state index in [1.165, 1.54) is 37.4 Å². The number of benzene rings is 3. The third-order valence-electron chi connectivity index (χ3n) is 4.72. The molecule has 3 aromatic carbocycles. The van der Waals surface area contributed by atoms with Crippen LogP contribution in [0.25, 0.3) is 11.1 Å². The second-order valence-corrected chi connectivity index (χ2v) is 9.74. The molecule has 8 nitrogen and oxygen atoms in total. The maximum Gasteiger partial charge on any atom is 0.261 e. The van der Waals surface area contributed by atoms with E-state index >= 15 is 0 Å². The maximum absolute atomic E-state index is 12.9. The van der Waals surface area contributed by atoms with Crippen molar-refractivity contribution in [2.24, 2.45) is 0 Å². The van der Waals surface area contributed by atoms with Crippen molar-refractivity contribution in [3.63, 3.8) is 0 Å². The van der Waals surface area contributed by atoms with Gasteiger partial charge in [0, 0.05) is 12.2 Å². The van der Waals surface area contributed by atoms with Gasteiger partial charge in [-0.2, -0.15) is 0 Å². The summed E-state index contributed by atoms with van der Waals surface area (Å²) < 4.78 is 51.6. The lowest BCUT2D eigenvalue weighted by Crippen LogP contribution is -2.24. The van der Waals surface area contributed by atoms with Crippen LogP contribution < -0.4 is 14.8 Å². The van der Waals surface area contributed by atoms with Crippen molar-refractivity contribution in [3.05, 3.63) is 78.1 Å². The van der Waals surface area contributed by atoms with Crippen LogP contribution in [-0.4, -0.2) is 32.2 Å². The molecule has 0 aliphatic carbocycles. The van der Waals surface area contributed by atoms with Crippen LogP contribution in [0.3, 0.4) is 0 Å². The number of amides is 1. The van der Waals surface area contributed by atoms with Crippen molar-refractivity contribution < 1.29 is 26.8 Å². The number of hydrogen-bond donors (Lipinski definition) is 2. The molecule has 0 radical (unpaired) electrons. The highest BCUT2D eigenvalue weighted by Crippen LogP contribution is 2.26. The van der Waals surface area contributed by atoms with E-state index in [-0.39, 0.29) is 34.1 Å². The molecule has 0 bridgehead atoms. The van der Waals surface area contributed by atoms with E-state index in [2.05, 4.69) is 15.0 Å². The Kier molecular flexibility index (Phi) is 7.03. The van der Waals surface area contributed by atoms with Gasteiger partial charge in [-0.25, -0.2) is 17.8 Å². The van der Waals surface area contributed by atoms with E-state index in [0.717, 1.165) is 17.3 Å². The Balaban J connectivity index is 1.38. The molecule has 0 aliphatic heterocycles. The minimum Gasteiger partial charge on any atom is -0.497 e. The molecule has 0 saturated carbocycles. The normalized spacial score (nSPS) is 11.4. The summed E-state index contributed by atoms with van der Waals surface area (Å²) in [5, 5.41) is 2.98. The number of ether oxygens (including phenoxy) is 1. The van der Waals surface area contributed by atoms with Gasteiger partial charge in [-0.3, -0.25) is 9.52 Å². The van der Waals surface area contributed by atoms with Crippen LogP contribution in [0.2, 0.25) is 0 Å². The van der Waals surface area contributed by atoms with Crippen LogP contribution in [-0.2, 0) is 21.4 Å². The van der Waals surface area contributed by atoms with Crippen LogP contribution >= 0.6 is 11.8 Å². The van der Waals surface area contributed by atoms with E-state index in [9.17, 15) is 17.6 Å². The third-order valence-corrected chi connectivity index (χ3v) is 6.93. The fraction of sp³-hybridized carbons (Fsp3) is 0.130. The summed E-state index contributed by atoms with van der Waals surface area (Å²) in [5.41, 5.74) is 1.92. The molecule has 2 N–H and O–H groups in total. The molecular formula is C23H20FN3O5S2. The minimum atomic E-state index is -3.84. The summed E-state index contributed by atoms with van der Waals surface area (Å²) in [6, 6.07) is 16.7. The molecule has 11 heteroatoms. The Morgan fingerprint density at radius 3 is 2.53 bits per heavy atom. The number of thioether (sulfide) groups is 1. The first-order chi connectivity index (χ1) is 16.3. The molecule has 0 fully saturated rings. The molecule has 4 aromatic rings. The van der Waals surface area contributed by atoms with Gasteiger partial charge >= 0.3 is 0 Å². The number of nitrogens with one attached hydrogen (secondary N) is 2. The fourth-order valence-electron chi connectivity index (χ4n) is 2.97. The standard InChI is InChI=1S/C23H20FN3O5S2/c1-31-18-8-6-17(7-9-18)27-34(29,30)19-10-11-21-20(12-19)26-23(32-21)33-14-22(28)25-13-15-2-4-16(24)5-3-15/h2-12,27H,13-14H2,1H3,(H,25,28). The summed E-state index contributed by atoms with van der Waals surface area (Å²) in [6.45, 7) is 0.273. The van der Waals surface area contributed by atoms with E-state index in [1.807, 2.05) is 0 Å². The van der Waals surface area contributed by atoms with Crippen molar-refractivity contribution in [1.82, 2.24) is 10.3 Å². The largest absolute Gasteiger partial charge is 0.497 e. The number of rotatable bonds is 9. The second-order valence-electron chi connectivity index (χ2n) is 7.14. The molecule has 0 atom stereocenters. The number of sulfonamides is 1. The van der Waals surface area contributed by atoms with E-state index in [1.54, 1.807) is 36.4 Å².